The molecule has 0 heterocycles. The van der Waals surface area contributed by atoms with E-state index in [0.29, 0.717) is 30.4 Å². The quantitative estimate of drug-likeness (QED) is 0.767. The van der Waals surface area contributed by atoms with Gasteiger partial charge in [0.2, 0.25) is 0 Å². The molecule has 2 rings (SSSR count). The summed E-state index contributed by atoms with van der Waals surface area (Å²) in [5, 5.41) is 0. The SMILES string of the molecule is O=S(=O)(c1cccc2c1CCC2)C(F)(F)F. The van der Waals surface area contributed by atoms with Gasteiger partial charge in [-0.05, 0) is 36.5 Å². The van der Waals surface area contributed by atoms with Gasteiger partial charge in [0.25, 0.3) is 9.84 Å². The summed E-state index contributed by atoms with van der Waals surface area (Å²) in [4.78, 5) is -0.574. The van der Waals surface area contributed by atoms with Crippen LogP contribution in [0.3, 0.4) is 0 Å². The maximum Gasteiger partial charge on any atom is 0.501 e. The van der Waals surface area contributed by atoms with Crippen LogP contribution in [0, 0.1) is 0 Å². The summed E-state index contributed by atoms with van der Waals surface area (Å²) in [5.41, 5.74) is -4.17. The second-order valence-corrected chi connectivity index (χ2v) is 5.61. The van der Waals surface area contributed by atoms with Crippen molar-refractivity contribution >= 4 is 9.84 Å². The van der Waals surface area contributed by atoms with Crippen LogP contribution in [0.25, 0.3) is 0 Å². The average molecular weight is 250 g/mol. The van der Waals surface area contributed by atoms with Crippen LogP contribution in [0.1, 0.15) is 17.5 Å². The lowest BCUT2D eigenvalue weighted by Crippen LogP contribution is -2.24. The summed E-state index contributed by atoms with van der Waals surface area (Å²) in [6.07, 6.45) is 1.76. The first-order valence-electron chi connectivity index (χ1n) is 4.76. The molecule has 0 aliphatic heterocycles. The van der Waals surface area contributed by atoms with Crippen molar-refractivity contribution < 1.29 is 21.6 Å². The zero-order valence-corrected chi connectivity index (χ0v) is 9.03. The molecule has 0 saturated heterocycles. The number of hydrogen-bond acceptors (Lipinski definition) is 2. The molecule has 0 bridgehead atoms. The lowest BCUT2D eigenvalue weighted by molar-refractivity contribution is -0.0436. The topological polar surface area (TPSA) is 34.1 Å². The van der Waals surface area contributed by atoms with Crippen molar-refractivity contribution in [3.05, 3.63) is 29.3 Å². The van der Waals surface area contributed by atoms with Gasteiger partial charge >= 0.3 is 5.51 Å². The monoisotopic (exact) mass is 250 g/mol. The Bertz CT molecular complexity index is 517. The van der Waals surface area contributed by atoms with E-state index in [1.807, 2.05) is 0 Å². The largest absolute Gasteiger partial charge is 0.501 e. The van der Waals surface area contributed by atoms with E-state index in [1.165, 1.54) is 6.07 Å². The number of alkyl halides is 3. The molecule has 0 saturated carbocycles. The van der Waals surface area contributed by atoms with E-state index in [9.17, 15) is 21.6 Å². The van der Waals surface area contributed by atoms with Crippen molar-refractivity contribution in [3.8, 4) is 0 Å². The number of rotatable bonds is 1. The fourth-order valence-corrected chi connectivity index (χ4v) is 3.03. The average Bonchev–Trinajstić information content (AvgIpc) is 2.62. The van der Waals surface area contributed by atoms with Crippen LogP contribution >= 0.6 is 0 Å². The number of hydrogen-bond donors (Lipinski definition) is 0. The van der Waals surface area contributed by atoms with Gasteiger partial charge in [0, 0.05) is 0 Å². The maximum atomic E-state index is 12.4. The Morgan fingerprint density at radius 1 is 1.12 bits per heavy atom. The smallest absolute Gasteiger partial charge is 0.214 e. The van der Waals surface area contributed by atoms with Crippen molar-refractivity contribution in [2.45, 2.75) is 29.7 Å². The van der Waals surface area contributed by atoms with Crippen molar-refractivity contribution in [2.24, 2.45) is 0 Å². The van der Waals surface area contributed by atoms with Crippen molar-refractivity contribution in [2.75, 3.05) is 0 Å². The Balaban J connectivity index is 2.63. The molecule has 1 aliphatic rings. The van der Waals surface area contributed by atoms with Gasteiger partial charge in [0.05, 0.1) is 4.90 Å². The molecule has 16 heavy (non-hydrogen) atoms. The summed E-state index contributed by atoms with van der Waals surface area (Å²) in [6, 6.07) is 4.08. The van der Waals surface area contributed by atoms with Gasteiger partial charge in [-0.2, -0.15) is 13.2 Å². The van der Waals surface area contributed by atoms with Crippen molar-refractivity contribution in [1.82, 2.24) is 0 Å². The first-order chi connectivity index (χ1) is 7.34. The number of sulfone groups is 1. The fraction of sp³-hybridized carbons (Fsp3) is 0.400. The standard InChI is InChI=1S/C10H9F3O2S/c11-10(12,13)16(14,15)9-6-2-4-7-3-1-5-8(7)9/h2,4,6H,1,3,5H2. The number of fused-ring (bicyclic) bond motifs is 1. The van der Waals surface area contributed by atoms with E-state index in [0.717, 1.165) is 6.07 Å². The predicted molar refractivity (Wildman–Crippen MR) is 51.7 cm³/mol. The molecule has 0 fully saturated rings. The van der Waals surface area contributed by atoms with Crippen LogP contribution in [0.5, 0.6) is 0 Å². The maximum absolute atomic E-state index is 12.4. The summed E-state index contributed by atoms with van der Waals surface area (Å²) < 4.78 is 59.8. The van der Waals surface area contributed by atoms with Gasteiger partial charge in [0.15, 0.2) is 0 Å². The van der Waals surface area contributed by atoms with Gasteiger partial charge in [-0.25, -0.2) is 8.42 Å². The zero-order chi connectivity index (χ0) is 12.0. The highest BCUT2D eigenvalue weighted by atomic mass is 32.2. The van der Waals surface area contributed by atoms with Crippen LogP contribution in [-0.2, 0) is 22.7 Å². The Morgan fingerprint density at radius 2 is 1.81 bits per heavy atom. The van der Waals surface area contributed by atoms with Crippen LogP contribution in [0.2, 0.25) is 0 Å². The molecule has 2 nitrogen and oxygen atoms in total. The number of halogens is 3. The lowest BCUT2D eigenvalue weighted by Gasteiger charge is -2.11. The van der Waals surface area contributed by atoms with Gasteiger partial charge in [-0.3, -0.25) is 0 Å². The highest BCUT2D eigenvalue weighted by molar-refractivity contribution is 7.92. The molecule has 6 heteroatoms. The van der Waals surface area contributed by atoms with Crippen LogP contribution in [0.15, 0.2) is 23.1 Å². The van der Waals surface area contributed by atoms with E-state index < -0.39 is 20.2 Å². The summed E-state index contributed by atoms with van der Waals surface area (Å²) in [5.74, 6) is 0. The van der Waals surface area contributed by atoms with E-state index in [2.05, 4.69) is 0 Å². The lowest BCUT2D eigenvalue weighted by atomic mass is 10.1. The first kappa shape index (κ1) is 11.4. The minimum absolute atomic E-state index is 0.333. The fourth-order valence-electron chi connectivity index (χ4n) is 1.96. The third-order valence-corrected chi connectivity index (χ3v) is 4.27. The Labute approximate surface area is 91.0 Å². The van der Waals surface area contributed by atoms with Crippen molar-refractivity contribution in [1.29, 1.82) is 0 Å². The summed E-state index contributed by atoms with van der Waals surface area (Å²) in [7, 11) is -5.20. The minimum Gasteiger partial charge on any atom is -0.214 e. The van der Waals surface area contributed by atoms with E-state index in [4.69, 9.17) is 0 Å². The van der Waals surface area contributed by atoms with E-state index in [-0.39, 0.29) is 0 Å². The molecular weight excluding hydrogens is 241 g/mol. The molecule has 0 spiro atoms. The van der Waals surface area contributed by atoms with E-state index >= 15 is 0 Å². The number of benzene rings is 1. The molecule has 0 N–H and O–H groups in total. The van der Waals surface area contributed by atoms with Crippen LogP contribution in [-0.4, -0.2) is 13.9 Å². The second kappa shape index (κ2) is 3.48. The zero-order valence-electron chi connectivity index (χ0n) is 8.21. The summed E-state index contributed by atoms with van der Waals surface area (Å²) >= 11 is 0. The molecular formula is C10H9F3O2S. The molecule has 1 aromatic rings. The minimum atomic E-state index is -5.22. The van der Waals surface area contributed by atoms with E-state index in [1.54, 1.807) is 6.07 Å². The molecule has 0 amide bonds. The highest BCUT2D eigenvalue weighted by Crippen LogP contribution is 2.36. The Hall–Kier alpha value is -1.04. The molecule has 0 aromatic heterocycles. The molecule has 88 valence electrons. The molecule has 1 aliphatic carbocycles. The summed E-state index contributed by atoms with van der Waals surface area (Å²) in [6.45, 7) is 0. The Morgan fingerprint density at radius 3 is 2.44 bits per heavy atom. The normalized spacial score (nSPS) is 16.2. The van der Waals surface area contributed by atoms with Gasteiger partial charge in [0.1, 0.15) is 0 Å². The van der Waals surface area contributed by atoms with Gasteiger partial charge in [-0.1, -0.05) is 12.1 Å². The Kier molecular flexibility index (Phi) is 2.49. The predicted octanol–water partition coefficient (Wildman–Crippen LogP) is 2.47. The number of aryl methyl sites for hydroxylation is 1. The highest BCUT2D eigenvalue weighted by Gasteiger charge is 2.48. The molecule has 1 aromatic carbocycles. The molecule has 0 unspecified atom stereocenters. The van der Waals surface area contributed by atoms with Gasteiger partial charge < -0.3 is 0 Å². The third-order valence-electron chi connectivity index (χ3n) is 2.70. The van der Waals surface area contributed by atoms with Crippen molar-refractivity contribution in [3.63, 3.8) is 0 Å². The van der Waals surface area contributed by atoms with Crippen LogP contribution < -0.4 is 0 Å². The molecule has 0 atom stereocenters. The van der Waals surface area contributed by atoms with Crippen LogP contribution in [0.4, 0.5) is 13.2 Å². The van der Waals surface area contributed by atoms with Gasteiger partial charge in [-0.15, -0.1) is 0 Å². The third kappa shape index (κ3) is 1.61. The first-order valence-corrected chi connectivity index (χ1v) is 6.24. The second-order valence-electron chi connectivity index (χ2n) is 3.70. The molecule has 0 radical (unpaired) electrons.